The minimum atomic E-state index is -0.249. The summed E-state index contributed by atoms with van der Waals surface area (Å²) in [6.07, 6.45) is 4.03. The lowest BCUT2D eigenvalue weighted by Gasteiger charge is -2.35. The zero-order chi connectivity index (χ0) is 22.1. The highest BCUT2D eigenvalue weighted by Gasteiger charge is 2.24. The van der Waals surface area contributed by atoms with E-state index in [0.717, 1.165) is 49.4 Å². The standard InChI is InChI=1S/C23H35N5O3/c1-3-24-22(27-12-14-28(15-13-27)23(30)31-4-2)25-17-18-8-7-11-20(16-18)26-21(29)19-9-5-6-10-19/h7-8,11,16,19H,3-6,9-10,12-15,17H2,1-2H3,(H,24,25)(H,26,29). The molecule has 1 aliphatic heterocycles. The minimum Gasteiger partial charge on any atom is -0.450 e. The Balaban J connectivity index is 1.58. The Morgan fingerprint density at radius 3 is 2.48 bits per heavy atom. The molecule has 3 rings (SSSR count). The molecule has 2 amide bonds. The van der Waals surface area contributed by atoms with Crippen LogP contribution in [0.2, 0.25) is 0 Å². The van der Waals surface area contributed by atoms with Crippen molar-refractivity contribution in [2.45, 2.75) is 46.1 Å². The Morgan fingerprint density at radius 2 is 1.81 bits per heavy atom. The molecule has 8 nitrogen and oxygen atoms in total. The predicted molar refractivity (Wildman–Crippen MR) is 122 cm³/mol. The zero-order valence-electron chi connectivity index (χ0n) is 18.7. The van der Waals surface area contributed by atoms with Gasteiger partial charge in [-0.2, -0.15) is 0 Å². The van der Waals surface area contributed by atoms with Gasteiger partial charge in [0.15, 0.2) is 5.96 Å². The van der Waals surface area contributed by atoms with Gasteiger partial charge in [0, 0.05) is 44.3 Å². The van der Waals surface area contributed by atoms with E-state index in [1.54, 1.807) is 4.90 Å². The average Bonchev–Trinajstić information content (AvgIpc) is 3.32. The quantitative estimate of drug-likeness (QED) is 0.536. The Labute approximate surface area is 185 Å². The number of ether oxygens (including phenoxy) is 1. The molecular weight excluding hydrogens is 394 g/mol. The third-order valence-corrected chi connectivity index (χ3v) is 5.77. The first-order valence-electron chi connectivity index (χ1n) is 11.5. The highest BCUT2D eigenvalue weighted by molar-refractivity contribution is 5.92. The number of nitrogens with zero attached hydrogens (tertiary/aromatic N) is 3. The molecule has 0 atom stereocenters. The molecule has 1 saturated heterocycles. The van der Waals surface area contributed by atoms with Crippen molar-refractivity contribution in [3.05, 3.63) is 29.8 Å². The predicted octanol–water partition coefficient (Wildman–Crippen LogP) is 3.05. The second-order valence-corrected chi connectivity index (χ2v) is 8.01. The number of anilines is 1. The number of benzene rings is 1. The minimum absolute atomic E-state index is 0.131. The van der Waals surface area contributed by atoms with Crippen LogP contribution in [0.4, 0.5) is 10.5 Å². The molecule has 0 spiro atoms. The number of carbonyl (C=O) groups is 2. The maximum Gasteiger partial charge on any atom is 0.409 e. The number of piperazine rings is 1. The molecule has 170 valence electrons. The number of guanidine groups is 1. The van der Waals surface area contributed by atoms with Gasteiger partial charge in [-0.1, -0.05) is 25.0 Å². The van der Waals surface area contributed by atoms with Crippen LogP contribution in [-0.4, -0.2) is 67.1 Å². The van der Waals surface area contributed by atoms with Crippen LogP contribution in [0.3, 0.4) is 0 Å². The monoisotopic (exact) mass is 429 g/mol. The summed E-state index contributed by atoms with van der Waals surface area (Å²) in [6, 6.07) is 7.91. The Kier molecular flexibility index (Phi) is 8.55. The van der Waals surface area contributed by atoms with Gasteiger partial charge in [-0.05, 0) is 44.4 Å². The second-order valence-electron chi connectivity index (χ2n) is 8.01. The summed E-state index contributed by atoms with van der Waals surface area (Å²) < 4.78 is 5.09. The van der Waals surface area contributed by atoms with Gasteiger partial charge in [0.1, 0.15) is 0 Å². The van der Waals surface area contributed by atoms with Gasteiger partial charge in [-0.15, -0.1) is 0 Å². The van der Waals surface area contributed by atoms with E-state index in [1.807, 2.05) is 38.1 Å². The third-order valence-electron chi connectivity index (χ3n) is 5.77. The van der Waals surface area contributed by atoms with E-state index in [9.17, 15) is 9.59 Å². The van der Waals surface area contributed by atoms with E-state index >= 15 is 0 Å². The summed E-state index contributed by atoms with van der Waals surface area (Å²) >= 11 is 0. The zero-order valence-corrected chi connectivity index (χ0v) is 18.7. The molecule has 0 unspecified atom stereocenters. The van der Waals surface area contributed by atoms with Gasteiger partial charge in [-0.25, -0.2) is 9.79 Å². The Bertz CT molecular complexity index is 768. The largest absolute Gasteiger partial charge is 0.450 e. The highest BCUT2D eigenvalue weighted by Crippen LogP contribution is 2.26. The lowest BCUT2D eigenvalue weighted by Crippen LogP contribution is -2.53. The summed E-state index contributed by atoms with van der Waals surface area (Å²) in [5, 5.41) is 6.41. The summed E-state index contributed by atoms with van der Waals surface area (Å²) in [4.78, 5) is 33.0. The van der Waals surface area contributed by atoms with Crippen molar-refractivity contribution < 1.29 is 14.3 Å². The molecule has 2 aliphatic rings. The molecule has 0 radical (unpaired) electrons. The van der Waals surface area contributed by atoms with E-state index in [-0.39, 0.29) is 17.9 Å². The van der Waals surface area contributed by atoms with Gasteiger partial charge in [0.05, 0.1) is 13.2 Å². The maximum atomic E-state index is 12.4. The molecule has 1 heterocycles. The van der Waals surface area contributed by atoms with E-state index in [1.165, 1.54) is 0 Å². The molecule has 1 aromatic rings. The number of hydrogen-bond donors (Lipinski definition) is 2. The molecule has 0 aromatic heterocycles. The van der Waals surface area contributed by atoms with Crippen LogP contribution in [0, 0.1) is 5.92 Å². The van der Waals surface area contributed by atoms with Crippen LogP contribution in [0.25, 0.3) is 0 Å². The fourth-order valence-corrected chi connectivity index (χ4v) is 4.09. The summed E-state index contributed by atoms with van der Waals surface area (Å²) in [5.41, 5.74) is 1.88. The second kappa shape index (κ2) is 11.6. The van der Waals surface area contributed by atoms with E-state index in [4.69, 9.17) is 9.73 Å². The molecular formula is C23H35N5O3. The SMILES string of the molecule is CCNC(=NCc1cccc(NC(=O)C2CCCC2)c1)N1CCN(C(=O)OCC)CC1. The summed E-state index contributed by atoms with van der Waals surface area (Å²) in [6.45, 7) is 8.20. The fraction of sp³-hybridized carbons (Fsp3) is 0.609. The smallest absolute Gasteiger partial charge is 0.409 e. The number of hydrogen-bond acceptors (Lipinski definition) is 4. The molecule has 1 aliphatic carbocycles. The molecule has 0 bridgehead atoms. The van der Waals surface area contributed by atoms with Crippen LogP contribution in [0.5, 0.6) is 0 Å². The van der Waals surface area contributed by atoms with Crippen molar-refractivity contribution in [1.29, 1.82) is 0 Å². The topological polar surface area (TPSA) is 86.3 Å². The van der Waals surface area contributed by atoms with Crippen LogP contribution in [0.1, 0.15) is 45.1 Å². The van der Waals surface area contributed by atoms with Gasteiger partial charge >= 0.3 is 6.09 Å². The number of nitrogens with one attached hydrogen (secondary N) is 2. The maximum absolute atomic E-state index is 12.4. The number of carbonyl (C=O) groups excluding carboxylic acids is 2. The van der Waals surface area contributed by atoms with Crippen molar-refractivity contribution in [3.8, 4) is 0 Å². The first-order chi connectivity index (χ1) is 15.1. The highest BCUT2D eigenvalue weighted by atomic mass is 16.6. The van der Waals surface area contributed by atoms with Gasteiger partial charge < -0.3 is 25.2 Å². The number of rotatable bonds is 6. The molecule has 1 saturated carbocycles. The van der Waals surface area contributed by atoms with Gasteiger partial charge in [0.2, 0.25) is 5.91 Å². The van der Waals surface area contributed by atoms with E-state index in [2.05, 4.69) is 15.5 Å². The van der Waals surface area contributed by atoms with Gasteiger partial charge in [-0.3, -0.25) is 4.79 Å². The number of amides is 2. The average molecular weight is 430 g/mol. The molecule has 1 aromatic carbocycles. The first kappa shape index (κ1) is 22.9. The fourth-order valence-electron chi connectivity index (χ4n) is 4.09. The first-order valence-corrected chi connectivity index (χ1v) is 11.5. The lowest BCUT2D eigenvalue weighted by molar-refractivity contribution is -0.119. The van der Waals surface area contributed by atoms with E-state index < -0.39 is 0 Å². The number of aliphatic imine (C=N–C) groups is 1. The van der Waals surface area contributed by atoms with Crippen molar-refractivity contribution in [1.82, 2.24) is 15.1 Å². The van der Waals surface area contributed by atoms with Crippen molar-refractivity contribution in [2.24, 2.45) is 10.9 Å². The Hall–Kier alpha value is -2.77. The van der Waals surface area contributed by atoms with Crippen LogP contribution < -0.4 is 10.6 Å². The summed E-state index contributed by atoms with van der Waals surface area (Å²) in [7, 11) is 0. The van der Waals surface area contributed by atoms with Crippen molar-refractivity contribution in [2.75, 3.05) is 44.6 Å². The van der Waals surface area contributed by atoms with E-state index in [0.29, 0.717) is 39.3 Å². The molecule has 31 heavy (non-hydrogen) atoms. The molecule has 2 N–H and O–H groups in total. The lowest BCUT2D eigenvalue weighted by atomic mass is 10.1. The van der Waals surface area contributed by atoms with Crippen LogP contribution >= 0.6 is 0 Å². The van der Waals surface area contributed by atoms with Crippen LogP contribution in [-0.2, 0) is 16.1 Å². The van der Waals surface area contributed by atoms with Crippen LogP contribution in [0.15, 0.2) is 29.3 Å². The third kappa shape index (κ3) is 6.60. The normalized spacial score (nSPS) is 17.5. The Morgan fingerprint density at radius 1 is 1.10 bits per heavy atom. The summed E-state index contributed by atoms with van der Waals surface area (Å²) in [5.74, 6) is 1.12. The van der Waals surface area contributed by atoms with Crippen molar-refractivity contribution in [3.63, 3.8) is 0 Å². The van der Waals surface area contributed by atoms with Crippen molar-refractivity contribution >= 4 is 23.6 Å². The molecule has 2 fully saturated rings. The van der Waals surface area contributed by atoms with Gasteiger partial charge in [0.25, 0.3) is 0 Å². The molecule has 8 heteroatoms.